The maximum Gasteiger partial charge on any atom is 0.327 e. The Morgan fingerprint density at radius 2 is 1.81 bits per heavy atom. The van der Waals surface area contributed by atoms with E-state index >= 15 is 0 Å². The average molecular weight is 314 g/mol. The maximum atomic E-state index is 11.3. The van der Waals surface area contributed by atoms with Gasteiger partial charge in [-0.2, -0.15) is 0 Å². The van der Waals surface area contributed by atoms with E-state index in [4.69, 9.17) is 5.11 Å². The summed E-state index contributed by atoms with van der Waals surface area (Å²) >= 11 is 0. The summed E-state index contributed by atoms with van der Waals surface area (Å²) in [5.74, 6) is -1.54. The molecule has 0 aliphatic carbocycles. The van der Waals surface area contributed by atoms with Gasteiger partial charge in [0.15, 0.2) is 9.84 Å². The van der Waals surface area contributed by atoms with E-state index in [1.165, 1.54) is 19.1 Å². The quantitative estimate of drug-likeness (QED) is 0.641. The largest absolute Gasteiger partial charge is 0.480 e. The van der Waals surface area contributed by atoms with E-state index in [1.807, 2.05) is 0 Å². The van der Waals surface area contributed by atoms with Crippen molar-refractivity contribution in [3.8, 4) is 0 Å². The third-order valence-electron chi connectivity index (χ3n) is 2.70. The molecule has 0 spiro atoms. The fourth-order valence-corrected chi connectivity index (χ4v) is 2.29. The monoisotopic (exact) mass is 314 g/mol. The smallest absolute Gasteiger partial charge is 0.327 e. The predicted octanol–water partition coefficient (Wildman–Crippen LogP) is -0.231. The molecule has 0 aromatic heterocycles. The average Bonchev–Trinajstić information content (AvgIpc) is 2.36. The summed E-state index contributed by atoms with van der Waals surface area (Å²) in [5.41, 5.74) is 0.814. The second-order valence-electron chi connectivity index (χ2n) is 4.64. The number of nitrogens with one attached hydrogen (secondary N) is 2. The lowest BCUT2D eigenvalue weighted by Gasteiger charge is -2.14. The van der Waals surface area contributed by atoms with Crippen molar-refractivity contribution in [3.63, 3.8) is 0 Å². The summed E-state index contributed by atoms with van der Waals surface area (Å²) in [6, 6.07) is 5.29. The van der Waals surface area contributed by atoms with Crippen LogP contribution < -0.4 is 10.6 Å². The van der Waals surface area contributed by atoms with Crippen LogP contribution in [0.25, 0.3) is 0 Å². The van der Waals surface area contributed by atoms with Gasteiger partial charge < -0.3 is 15.7 Å². The number of hydrogen-bond donors (Lipinski definition) is 3. The van der Waals surface area contributed by atoms with Gasteiger partial charge in [0.1, 0.15) is 6.04 Å². The lowest BCUT2D eigenvalue weighted by molar-refractivity contribution is -0.141. The number of rotatable bonds is 7. The maximum absolute atomic E-state index is 11.3. The number of amides is 1. The first-order valence-electron chi connectivity index (χ1n) is 6.20. The van der Waals surface area contributed by atoms with Crippen molar-refractivity contribution in [3.05, 3.63) is 29.8 Å². The van der Waals surface area contributed by atoms with Crippen molar-refractivity contribution in [2.75, 3.05) is 12.8 Å². The van der Waals surface area contributed by atoms with Crippen LogP contribution in [0.15, 0.2) is 29.2 Å². The minimum atomic E-state index is -3.22. The molecular weight excluding hydrogens is 296 g/mol. The molecule has 0 saturated heterocycles. The Hall–Kier alpha value is -1.93. The molecule has 1 unspecified atom stereocenters. The van der Waals surface area contributed by atoms with Gasteiger partial charge in [-0.1, -0.05) is 12.1 Å². The highest BCUT2D eigenvalue weighted by atomic mass is 32.2. The van der Waals surface area contributed by atoms with Crippen molar-refractivity contribution in [2.24, 2.45) is 0 Å². The van der Waals surface area contributed by atoms with Crippen molar-refractivity contribution in [1.29, 1.82) is 0 Å². The van der Waals surface area contributed by atoms with E-state index in [0.29, 0.717) is 6.54 Å². The summed E-state index contributed by atoms with van der Waals surface area (Å²) in [5, 5.41) is 14.1. The van der Waals surface area contributed by atoms with Gasteiger partial charge in [-0.05, 0) is 17.7 Å². The van der Waals surface area contributed by atoms with Crippen molar-refractivity contribution < 1.29 is 23.1 Å². The number of carboxylic acids is 1. The number of carbonyl (C=O) groups excluding carboxylic acids is 1. The topological polar surface area (TPSA) is 113 Å². The molecule has 1 atom stereocenters. The van der Waals surface area contributed by atoms with Gasteiger partial charge >= 0.3 is 5.97 Å². The molecule has 0 saturated carbocycles. The van der Waals surface area contributed by atoms with Crippen LogP contribution >= 0.6 is 0 Å². The van der Waals surface area contributed by atoms with Crippen LogP contribution in [0.5, 0.6) is 0 Å². The summed E-state index contributed by atoms with van der Waals surface area (Å²) in [4.78, 5) is 22.0. The number of carboxylic acid groups (broad SMARTS) is 1. The Morgan fingerprint density at radius 1 is 1.24 bits per heavy atom. The Bertz CT molecular complexity index is 610. The van der Waals surface area contributed by atoms with Crippen LogP contribution in [0.4, 0.5) is 0 Å². The van der Waals surface area contributed by atoms with E-state index in [2.05, 4.69) is 10.6 Å². The highest BCUT2D eigenvalue weighted by Crippen LogP contribution is 2.10. The number of carbonyl (C=O) groups is 2. The number of sulfone groups is 1. The van der Waals surface area contributed by atoms with Crippen LogP contribution in [0.1, 0.15) is 12.5 Å². The number of benzene rings is 1. The molecule has 0 bridgehead atoms. The Labute approximate surface area is 123 Å². The Balaban J connectivity index is 2.55. The molecule has 0 fully saturated rings. The molecule has 1 aromatic carbocycles. The van der Waals surface area contributed by atoms with Crippen molar-refractivity contribution >= 4 is 21.7 Å². The molecule has 7 nitrogen and oxygen atoms in total. The summed E-state index contributed by atoms with van der Waals surface area (Å²) in [7, 11) is -3.22. The van der Waals surface area contributed by atoms with Crippen LogP contribution in [0.3, 0.4) is 0 Å². The van der Waals surface area contributed by atoms with E-state index < -0.39 is 27.8 Å². The molecule has 1 rings (SSSR count). The molecule has 116 valence electrons. The third-order valence-corrected chi connectivity index (χ3v) is 3.83. The third kappa shape index (κ3) is 5.92. The first kappa shape index (κ1) is 17.1. The number of hydrogen-bond acceptors (Lipinski definition) is 5. The van der Waals surface area contributed by atoms with Crippen LogP contribution in [0, 0.1) is 0 Å². The zero-order valence-corrected chi connectivity index (χ0v) is 12.6. The molecule has 1 amide bonds. The van der Waals surface area contributed by atoms with Gasteiger partial charge in [-0.25, -0.2) is 13.2 Å². The highest BCUT2D eigenvalue weighted by molar-refractivity contribution is 7.90. The van der Waals surface area contributed by atoms with Gasteiger partial charge in [0.25, 0.3) is 0 Å². The van der Waals surface area contributed by atoms with Gasteiger partial charge in [-0.15, -0.1) is 0 Å². The lowest BCUT2D eigenvalue weighted by atomic mass is 10.2. The summed E-state index contributed by atoms with van der Waals surface area (Å²) in [6.45, 7) is 1.69. The molecule has 1 aromatic rings. The van der Waals surface area contributed by atoms with Crippen LogP contribution in [0.2, 0.25) is 0 Å². The molecule has 8 heteroatoms. The predicted molar refractivity (Wildman–Crippen MR) is 76.5 cm³/mol. The minimum Gasteiger partial charge on any atom is -0.480 e. The fraction of sp³-hybridized carbons (Fsp3) is 0.385. The molecule has 0 radical (unpaired) electrons. The van der Waals surface area contributed by atoms with Crippen LogP contribution in [-0.2, 0) is 26.0 Å². The normalized spacial score (nSPS) is 12.7. The molecule has 0 heterocycles. The van der Waals surface area contributed by atoms with Crippen molar-refractivity contribution in [1.82, 2.24) is 10.6 Å². The Morgan fingerprint density at radius 3 is 2.24 bits per heavy atom. The molecule has 3 N–H and O–H groups in total. The molecule has 21 heavy (non-hydrogen) atoms. The first-order valence-corrected chi connectivity index (χ1v) is 8.09. The van der Waals surface area contributed by atoms with Gasteiger partial charge in [0, 0.05) is 26.3 Å². The molecule has 0 aliphatic rings. The second-order valence-corrected chi connectivity index (χ2v) is 6.65. The van der Waals surface area contributed by atoms with Crippen molar-refractivity contribution in [2.45, 2.75) is 24.4 Å². The highest BCUT2D eigenvalue weighted by Gasteiger charge is 2.17. The van der Waals surface area contributed by atoms with E-state index in [1.54, 1.807) is 12.1 Å². The van der Waals surface area contributed by atoms with Crippen LogP contribution in [-0.4, -0.2) is 44.2 Å². The minimum absolute atomic E-state index is 0.0722. The van der Waals surface area contributed by atoms with E-state index in [-0.39, 0.29) is 11.4 Å². The summed E-state index contributed by atoms with van der Waals surface area (Å²) < 4.78 is 22.6. The summed E-state index contributed by atoms with van der Waals surface area (Å²) in [6.07, 6.45) is 1.13. The van der Waals surface area contributed by atoms with Gasteiger partial charge in [0.2, 0.25) is 5.91 Å². The van der Waals surface area contributed by atoms with E-state index in [0.717, 1.165) is 11.8 Å². The standard InChI is InChI=1S/C13H18N2O5S/c1-9(16)15-12(13(17)18)8-14-7-10-3-5-11(6-4-10)21(2,19)20/h3-6,12,14H,7-8H2,1-2H3,(H,15,16)(H,17,18). The molecular formula is C13H18N2O5S. The lowest BCUT2D eigenvalue weighted by Crippen LogP contribution is -2.46. The number of aliphatic carboxylic acids is 1. The molecule has 0 aliphatic heterocycles. The SMILES string of the molecule is CC(=O)NC(CNCc1ccc(S(C)(=O)=O)cc1)C(=O)O. The second kappa shape index (κ2) is 7.19. The van der Waals surface area contributed by atoms with Gasteiger partial charge in [-0.3, -0.25) is 4.79 Å². The first-order chi connectivity index (χ1) is 9.70. The van der Waals surface area contributed by atoms with Gasteiger partial charge in [0.05, 0.1) is 4.90 Å². The zero-order valence-electron chi connectivity index (χ0n) is 11.8. The fourth-order valence-electron chi connectivity index (χ4n) is 1.66. The zero-order chi connectivity index (χ0) is 16.0. The van der Waals surface area contributed by atoms with E-state index in [9.17, 15) is 18.0 Å². The Kier molecular flexibility index (Phi) is 5.86.